The van der Waals surface area contributed by atoms with Crippen LogP contribution in [0.2, 0.25) is 0 Å². The van der Waals surface area contributed by atoms with Gasteiger partial charge in [-0.15, -0.1) is 0 Å². The van der Waals surface area contributed by atoms with E-state index in [0.717, 1.165) is 12.3 Å². The Morgan fingerprint density at radius 1 is 1.29 bits per heavy atom. The average molecular weight is 516 g/mol. The van der Waals surface area contributed by atoms with E-state index in [1.807, 2.05) is 0 Å². The summed E-state index contributed by atoms with van der Waals surface area (Å²) in [4.78, 5) is 20.6. The van der Waals surface area contributed by atoms with E-state index < -0.39 is 45.5 Å². The smallest absolute Gasteiger partial charge is 0.422 e. The number of carbonyl (C=O) groups excluding carboxylic acids is 1. The van der Waals surface area contributed by atoms with Crippen molar-refractivity contribution in [3.05, 3.63) is 47.8 Å². The number of pyridine rings is 2. The number of ether oxygens (including phenoxy) is 2. The molecule has 0 aliphatic carbocycles. The molecule has 0 radical (unpaired) electrons. The first-order valence-corrected chi connectivity index (χ1v) is 12.1. The van der Waals surface area contributed by atoms with Gasteiger partial charge in [0.05, 0.1) is 29.6 Å². The Morgan fingerprint density at radius 2 is 2.00 bits per heavy atom. The number of halogens is 4. The maximum absolute atomic E-state index is 13.5. The number of imidazole rings is 1. The Kier molecular flexibility index (Phi) is 6.11. The van der Waals surface area contributed by atoms with Crippen LogP contribution < -0.4 is 14.8 Å². The summed E-state index contributed by atoms with van der Waals surface area (Å²) in [5.74, 6) is -2.19. The molecule has 0 unspecified atom stereocenters. The zero-order valence-electron chi connectivity index (χ0n) is 18.5. The van der Waals surface area contributed by atoms with Crippen molar-refractivity contribution in [2.24, 2.45) is 5.41 Å². The van der Waals surface area contributed by atoms with Gasteiger partial charge in [0.15, 0.2) is 22.2 Å². The first-order valence-electron chi connectivity index (χ1n) is 10.2. The third-order valence-electron chi connectivity index (χ3n) is 5.25. The number of hydrogen-bond acceptors (Lipinski definition) is 7. The fourth-order valence-electron chi connectivity index (χ4n) is 3.78. The van der Waals surface area contributed by atoms with Crippen LogP contribution in [0.15, 0.2) is 30.6 Å². The Labute approximate surface area is 197 Å². The second kappa shape index (κ2) is 8.66. The topological polar surface area (TPSA) is 112 Å². The molecule has 3 aromatic rings. The monoisotopic (exact) mass is 516 g/mol. The molecule has 9 nitrogen and oxygen atoms in total. The van der Waals surface area contributed by atoms with Crippen molar-refractivity contribution in [2.75, 3.05) is 24.7 Å². The third kappa shape index (κ3) is 5.63. The molecule has 1 aliphatic rings. The Balaban J connectivity index is 1.52. The zero-order chi connectivity index (χ0) is 25.6. The van der Waals surface area contributed by atoms with Gasteiger partial charge in [-0.2, -0.15) is 13.2 Å². The summed E-state index contributed by atoms with van der Waals surface area (Å²) in [6.45, 7) is 1.91. The van der Waals surface area contributed by atoms with E-state index in [1.54, 1.807) is 13.8 Å². The minimum atomic E-state index is -4.64. The van der Waals surface area contributed by atoms with Crippen LogP contribution in [0.3, 0.4) is 0 Å². The Bertz CT molecular complexity index is 1390. The standard InChI is InChI=1S/C21H20F4N4O5S/c1-12-17(18(30)27-8-20(2)10-35(31,32)11-20)28-16-4-3-14(7-29(12)16)34-19-15(5-13(22)6-26-19)33-9-21(23,24)25/h3-7H,8-11H2,1-2H3,(H,27,30). The fourth-order valence-corrected chi connectivity index (χ4v) is 6.02. The van der Waals surface area contributed by atoms with Gasteiger partial charge in [-0.25, -0.2) is 22.8 Å². The maximum Gasteiger partial charge on any atom is 0.422 e. The highest BCUT2D eigenvalue weighted by Gasteiger charge is 2.44. The number of aryl methyl sites for hydroxylation is 1. The molecule has 0 bridgehead atoms. The molecule has 35 heavy (non-hydrogen) atoms. The molecule has 1 aliphatic heterocycles. The number of sulfone groups is 1. The third-order valence-corrected chi connectivity index (χ3v) is 7.52. The number of nitrogens with one attached hydrogen (secondary N) is 1. The first-order chi connectivity index (χ1) is 16.2. The van der Waals surface area contributed by atoms with Gasteiger partial charge < -0.3 is 14.8 Å². The van der Waals surface area contributed by atoms with Crippen LogP contribution in [0, 0.1) is 18.2 Å². The molecular weight excluding hydrogens is 496 g/mol. The number of carbonyl (C=O) groups is 1. The summed E-state index contributed by atoms with van der Waals surface area (Å²) in [6, 6.07) is 3.69. The van der Waals surface area contributed by atoms with Gasteiger partial charge in [0.25, 0.3) is 11.8 Å². The number of alkyl halides is 3. The van der Waals surface area contributed by atoms with Crippen molar-refractivity contribution in [1.29, 1.82) is 0 Å². The van der Waals surface area contributed by atoms with E-state index in [4.69, 9.17) is 4.74 Å². The SMILES string of the molecule is Cc1c(C(=O)NCC2(C)CS(=O)(=O)C2)nc2ccc(Oc3ncc(F)cc3OCC(F)(F)F)cn12. The molecule has 3 aromatic heterocycles. The van der Waals surface area contributed by atoms with Gasteiger partial charge in [-0.3, -0.25) is 9.20 Å². The van der Waals surface area contributed by atoms with Crippen molar-refractivity contribution >= 4 is 21.4 Å². The van der Waals surface area contributed by atoms with Crippen molar-refractivity contribution < 1.29 is 40.2 Å². The van der Waals surface area contributed by atoms with Crippen molar-refractivity contribution in [1.82, 2.24) is 19.7 Å². The van der Waals surface area contributed by atoms with Crippen molar-refractivity contribution in [2.45, 2.75) is 20.0 Å². The quantitative estimate of drug-likeness (QED) is 0.481. The van der Waals surface area contributed by atoms with Crippen LogP contribution in [0.4, 0.5) is 17.6 Å². The maximum atomic E-state index is 13.5. The summed E-state index contributed by atoms with van der Waals surface area (Å²) < 4.78 is 85.6. The summed E-state index contributed by atoms with van der Waals surface area (Å²) in [6.07, 6.45) is -2.43. The lowest BCUT2D eigenvalue weighted by Gasteiger charge is -2.37. The largest absolute Gasteiger partial charge is 0.478 e. The summed E-state index contributed by atoms with van der Waals surface area (Å²) in [5.41, 5.74) is 0.409. The van der Waals surface area contributed by atoms with Crippen LogP contribution in [0.1, 0.15) is 23.1 Å². The number of rotatable bonds is 7. The Morgan fingerprint density at radius 3 is 2.66 bits per heavy atom. The van der Waals surface area contributed by atoms with Gasteiger partial charge in [0.1, 0.15) is 22.9 Å². The van der Waals surface area contributed by atoms with Gasteiger partial charge in [0.2, 0.25) is 0 Å². The summed E-state index contributed by atoms with van der Waals surface area (Å²) >= 11 is 0. The Hall–Kier alpha value is -3.42. The minimum Gasteiger partial charge on any atom is -0.478 e. The highest BCUT2D eigenvalue weighted by molar-refractivity contribution is 7.92. The lowest BCUT2D eigenvalue weighted by atomic mass is 9.95. The summed E-state index contributed by atoms with van der Waals surface area (Å²) in [5, 5.41) is 2.71. The van der Waals surface area contributed by atoms with Gasteiger partial charge in [-0.1, -0.05) is 6.92 Å². The molecule has 1 fully saturated rings. The van der Waals surface area contributed by atoms with Crippen LogP contribution in [-0.4, -0.2) is 59.5 Å². The molecule has 0 saturated carbocycles. The highest BCUT2D eigenvalue weighted by atomic mass is 32.2. The van der Waals surface area contributed by atoms with E-state index in [1.165, 1.54) is 22.7 Å². The second-order valence-electron chi connectivity index (χ2n) is 8.63. The highest BCUT2D eigenvalue weighted by Crippen LogP contribution is 2.33. The predicted octanol–water partition coefficient (Wildman–Crippen LogP) is 3.07. The van der Waals surface area contributed by atoms with Gasteiger partial charge in [0, 0.05) is 18.0 Å². The van der Waals surface area contributed by atoms with E-state index >= 15 is 0 Å². The number of nitrogens with zero attached hydrogens (tertiary/aromatic N) is 3. The molecule has 4 heterocycles. The molecule has 0 spiro atoms. The van der Waals surface area contributed by atoms with Crippen LogP contribution in [-0.2, 0) is 9.84 Å². The fraction of sp³-hybridized carbons (Fsp3) is 0.381. The van der Waals surface area contributed by atoms with E-state index in [2.05, 4.69) is 20.0 Å². The average Bonchev–Trinajstić information content (AvgIpc) is 3.06. The van der Waals surface area contributed by atoms with Crippen molar-refractivity contribution in [3.8, 4) is 17.4 Å². The number of amides is 1. The van der Waals surface area contributed by atoms with Crippen LogP contribution in [0.5, 0.6) is 17.4 Å². The minimum absolute atomic E-state index is 0.00276. The lowest BCUT2D eigenvalue weighted by molar-refractivity contribution is -0.153. The van der Waals surface area contributed by atoms with E-state index in [0.29, 0.717) is 11.3 Å². The van der Waals surface area contributed by atoms with Gasteiger partial charge >= 0.3 is 6.18 Å². The summed E-state index contributed by atoms with van der Waals surface area (Å²) in [7, 11) is -3.05. The second-order valence-corrected chi connectivity index (χ2v) is 10.7. The van der Waals surface area contributed by atoms with Crippen LogP contribution >= 0.6 is 0 Å². The molecule has 14 heteroatoms. The molecule has 1 N–H and O–H groups in total. The molecule has 1 saturated heterocycles. The molecule has 188 valence electrons. The van der Waals surface area contributed by atoms with E-state index in [9.17, 15) is 30.8 Å². The number of fused-ring (bicyclic) bond motifs is 1. The molecule has 0 aromatic carbocycles. The van der Waals surface area contributed by atoms with Crippen molar-refractivity contribution in [3.63, 3.8) is 0 Å². The predicted molar refractivity (Wildman–Crippen MR) is 115 cm³/mol. The molecule has 4 rings (SSSR count). The molecule has 1 amide bonds. The molecular formula is C21H20F4N4O5S. The first kappa shape index (κ1) is 24.7. The number of hydrogen-bond donors (Lipinski definition) is 1. The lowest BCUT2D eigenvalue weighted by Crippen LogP contribution is -2.53. The zero-order valence-corrected chi connectivity index (χ0v) is 19.3. The molecule has 0 atom stereocenters. The van der Waals surface area contributed by atoms with Crippen LogP contribution in [0.25, 0.3) is 5.65 Å². The van der Waals surface area contributed by atoms with E-state index in [-0.39, 0.29) is 35.4 Å². The normalized spacial score (nSPS) is 16.5. The number of aromatic nitrogens is 3. The van der Waals surface area contributed by atoms with Gasteiger partial charge in [-0.05, 0) is 19.1 Å².